The number of nitrogens with one attached hydrogen (secondary N) is 1. The summed E-state index contributed by atoms with van der Waals surface area (Å²) in [5, 5.41) is 12.5. The number of rotatable bonds is 7. The smallest absolute Gasteiger partial charge is 0.238 e. The molecule has 20 heavy (non-hydrogen) atoms. The maximum absolute atomic E-state index is 11.9. The van der Waals surface area contributed by atoms with E-state index in [0.29, 0.717) is 5.92 Å². The Balaban J connectivity index is 1.91. The second-order valence-corrected chi connectivity index (χ2v) is 7.70. The van der Waals surface area contributed by atoms with Gasteiger partial charge in [-0.3, -0.25) is 4.79 Å². The van der Waals surface area contributed by atoms with Crippen LogP contribution in [0.1, 0.15) is 37.6 Å². The predicted molar refractivity (Wildman–Crippen MR) is 82.9 cm³/mol. The van der Waals surface area contributed by atoms with Gasteiger partial charge in [0.25, 0.3) is 0 Å². The third-order valence-corrected chi connectivity index (χ3v) is 5.96. The molecule has 1 aliphatic carbocycles. The van der Waals surface area contributed by atoms with Crippen LogP contribution < -0.4 is 11.1 Å². The zero-order valence-corrected chi connectivity index (χ0v) is 13.6. The molecule has 2 atom stereocenters. The van der Waals surface area contributed by atoms with Crippen molar-refractivity contribution in [1.29, 1.82) is 0 Å². The van der Waals surface area contributed by atoms with Gasteiger partial charge >= 0.3 is 0 Å². The first-order valence-electron chi connectivity index (χ1n) is 7.06. The van der Waals surface area contributed by atoms with Crippen LogP contribution in [0.4, 0.5) is 0 Å². The molecule has 1 fully saturated rings. The summed E-state index contributed by atoms with van der Waals surface area (Å²) < 4.78 is 1.01. The number of nitrogens with two attached hydrogens (primary N) is 1. The molecule has 1 aromatic heterocycles. The van der Waals surface area contributed by atoms with Gasteiger partial charge in [0.1, 0.15) is 10.5 Å². The molecule has 0 radical (unpaired) electrons. The minimum Gasteiger partial charge on any atom is -0.368 e. The van der Waals surface area contributed by atoms with Crippen LogP contribution in [-0.4, -0.2) is 33.9 Å². The number of nitrogens with zero attached hydrogens (tertiary/aromatic N) is 2. The summed E-state index contributed by atoms with van der Waals surface area (Å²) in [5.74, 6) is 1.10. The highest BCUT2D eigenvalue weighted by Gasteiger charge is 2.46. The molecule has 0 bridgehead atoms. The quantitative estimate of drug-likeness (QED) is 0.752. The van der Waals surface area contributed by atoms with Gasteiger partial charge in [-0.15, -0.1) is 10.2 Å². The molecule has 1 saturated carbocycles. The van der Waals surface area contributed by atoms with E-state index in [1.165, 1.54) is 0 Å². The van der Waals surface area contributed by atoms with E-state index >= 15 is 0 Å². The summed E-state index contributed by atoms with van der Waals surface area (Å²) in [6.45, 7) is 4.77. The fourth-order valence-electron chi connectivity index (χ4n) is 3.05. The molecule has 2 unspecified atom stereocenters. The number of thioether (sulfide) groups is 1. The van der Waals surface area contributed by atoms with E-state index in [9.17, 15) is 4.79 Å². The molecular weight excluding hydrogens is 292 g/mol. The maximum atomic E-state index is 11.9. The average molecular weight is 314 g/mol. The highest BCUT2D eigenvalue weighted by molar-refractivity contribution is 8.01. The molecule has 1 amide bonds. The fourth-order valence-corrected chi connectivity index (χ4v) is 4.99. The minimum atomic E-state index is -0.494. The topological polar surface area (TPSA) is 80.9 Å². The Morgan fingerprint density at radius 2 is 2.40 bits per heavy atom. The Hall–Kier alpha value is -0.660. The molecule has 0 aromatic carbocycles. The highest BCUT2D eigenvalue weighted by Crippen LogP contribution is 2.39. The molecule has 7 heteroatoms. The van der Waals surface area contributed by atoms with Gasteiger partial charge in [-0.1, -0.05) is 36.4 Å². The molecule has 1 aliphatic rings. The predicted octanol–water partition coefficient (Wildman–Crippen LogP) is 1.96. The molecule has 0 aliphatic heterocycles. The van der Waals surface area contributed by atoms with Crippen LogP contribution in [0, 0.1) is 12.8 Å². The van der Waals surface area contributed by atoms with Crippen molar-refractivity contribution in [2.24, 2.45) is 11.7 Å². The molecular formula is C13H22N4OS2. The number of likely N-dealkylation sites (N-methyl/N-ethyl adjacent to an activating group) is 1. The van der Waals surface area contributed by atoms with Crippen LogP contribution in [0.5, 0.6) is 0 Å². The monoisotopic (exact) mass is 314 g/mol. The van der Waals surface area contributed by atoms with Crippen molar-refractivity contribution in [2.45, 2.75) is 49.4 Å². The number of hydrogen-bond acceptors (Lipinski definition) is 6. The molecule has 3 N–H and O–H groups in total. The number of carbonyl (C=O) groups is 1. The van der Waals surface area contributed by atoms with Gasteiger partial charge in [0.05, 0.1) is 0 Å². The number of carbonyl (C=O) groups excluding carboxylic acids is 1. The Bertz CT molecular complexity index is 465. The van der Waals surface area contributed by atoms with Crippen LogP contribution in [0.25, 0.3) is 0 Å². The number of aromatic nitrogens is 2. The summed E-state index contributed by atoms with van der Waals surface area (Å²) in [6.07, 6.45) is 4.00. The van der Waals surface area contributed by atoms with E-state index in [2.05, 4.69) is 15.5 Å². The lowest BCUT2D eigenvalue weighted by Gasteiger charge is -2.33. The van der Waals surface area contributed by atoms with E-state index in [-0.39, 0.29) is 5.91 Å². The Labute approximate surface area is 128 Å². The highest BCUT2D eigenvalue weighted by atomic mass is 32.2. The minimum absolute atomic E-state index is 0.196. The van der Waals surface area contributed by atoms with Gasteiger partial charge in [-0.2, -0.15) is 0 Å². The van der Waals surface area contributed by atoms with Crippen molar-refractivity contribution in [3.63, 3.8) is 0 Å². The Kier molecular flexibility index (Phi) is 5.40. The molecule has 5 nitrogen and oxygen atoms in total. The lowest BCUT2D eigenvalue weighted by atomic mass is 9.84. The molecule has 2 rings (SSSR count). The maximum Gasteiger partial charge on any atom is 0.238 e. The number of aryl methyl sites for hydroxylation is 1. The van der Waals surface area contributed by atoms with E-state index in [1.807, 2.05) is 13.8 Å². The van der Waals surface area contributed by atoms with Crippen molar-refractivity contribution in [3.8, 4) is 0 Å². The average Bonchev–Trinajstić information content (AvgIpc) is 2.98. The van der Waals surface area contributed by atoms with Gasteiger partial charge in [0.2, 0.25) is 5.91 Å². The standard InChI is InChI=1S/C13H22N4OS2/c1-3-15-13(11(14)18)7-4-5-10(13)6-8-19-12-17-16-9(2)20-12/h10,15H,3-8H2,1-2H3,(H2,14,18). The first-order chi connectivity index (χ1) is 9.58. The van der Waals surface area contributed by atoms with E-state index in [0.717, 1.165) is 47.3 Å². The first-order valence-corrected chi connectivity index (χ1v) is 8.86. The molecule has 1 aromatic rings. The third-order valence-electron chi connectivity index (χ3n) is 3.95. The third kappa shape index (κ3) is 3.32. The molecule has 112 valence electrons. The van der Waals surface area contributed by atoms with Gasteiger partial charge in [0, 0.05) is 5.75 Å². The zero-order valence-electron chi connectivity index (χ0n) is 12.0. The fraction of sp³-hybridized carbons (Fsp3) is 0.769. The van der Waals surface area contributed by atoms with Gasteiger partial charge in [0.15, 0.2) is 4.34 Å². The number of amides is 1. The summed E-state index contributed by atoms with van der Waals surface area (Å²) >= 11 is 3.34. The molecule has 0 saturated heterocycles. The van der Waals surface area contributed by atoms with E-state index in [4.69, 9.17) is 5.73 Å². The second-order valence-electron chi connectivity index (χ2n) is 5.18. The number of primary amides is 1. The van der Waals surface area contributed by atoms with Gasteiger partial charge in [-0.25, -0.2) is 0 Å². The van der Waals surface area contributed by atoms with E-state index in [1.54, 1.807) is 23.1 Å². The Morgan fingerprint density at radius 3 is 3.00 bits per heavy atom. The zero-order chi connectivity index (χ0) is 14.6. The number of hydrogen-bond donors (Lipinski definition) is 2. The first kappa shape index (κ1) is 15.7. The lowest BCUT2D eigenvalue weighted by molar-refractivity contribution is -0.125. The van der Waals surface area contributed by atoms with Crippen molar-refractivity contribution in [3.05, 3.63) is 5.01 Å². The van der Waals surface area contributed by atoms with Crippen LogP contribution >= 0.6 is 23.1 Å². The molecule has 0 spiro atoms. The summed E-state index contributed by atoms with van der Waals surface area (Å²) in [4.78, 5) is 11.9. The summed E-state index contributed by atoms with van der Waals surface area (Å²) in [5.41, 5.74) is 5.17. The normalized spacial score (nSPS) is 26.0. The van der Waals surface area contributed by atoms with Crippen molar-refractivity contribution < 1.29 is 4.79 Å². The van der Waals surface area contributed by atoms with Crippen LogP contribution in [0.3, 0.4) is 0 Å². The Morgan fingerprint density at radius 1 is 1.60 bits per heavy atom. The van der Waals surface area contributed by atoms with Crippen LogP contribution in [0.15, 0.2) is 4.34 Å². The summed E-state index contributed by atoms with van der Waals surface area (Å²) in [7, 11) is 0. The second kappa shape index (κ2) is 6.87. The lowest BCUT2D eigenvalue weighted by Crippen LogP contribution is -2.57. The van der Waals surface area contributed by atoms with E-state index < -0.39 is 5.54 Å². The molecule has 1 heterocycles. The van der Waals surface area contributed by atoms with Crippen LogP contribution in [0.2, 0.25) is 0 Å². The summed E-state index contributed by atoms with van der Waals surface area (Å²) in [6, 6.07) is 0. The SMILES string of the molecule is CCNC1(C(N)=O)CCCC1CCSc1nnc(C)s1. The largest absolute Gasteiger partial charge is 0.368 e. The van der Waals surface area contributed by atoms with Crippen molar-refractivity contribution >= 4 is 29.0 Å². The van der Waals surface area contributed by atoms with Crippen molar-refractivity contribution in [1.82, 2.24) is 15.5 Å². The van der Waals surface area contributed by atoms with Gasteiger partial charge < -0.3 is 11.1 Å². The van der Waals surface area contributed by atoms with Gasteiger partial charge in [-0.05, 0) is 38.6 Å². The van der Waals surface area contributed by atoms with Crippen LogP contribution in [-0.2, 0) is 4.79 Å². The van der Waals surface area contributed by atoms with Crippen molar-refractivity contribution in [2.75, 3.05) is 12.3 Å².